The summed E-state index contributed by atoms with van der Waals surface area (Å²) in [5.74, 6) is 0. The number of hydrogen-bond acceptors (Lipinski definition) is 0. The van der Waals surface area contributed by atoms with Crippen molar-refractivity contribution in [2.75, 3.05) is 0 Å². The summed E-state index contributed by atoms with van der Waals surface area (Å²) in [5, 5.41) is 0. The highest BCUT2D eigenvalue weighted by atomic mass is 14.3. The van der Waals surface area contributed by atoms with Gasteiger partial charge in [-0.25, -0.2) is 0 Å². The molecule has 0 heterocycles. The van der Waals surface area contributed by atoms with Crippen molar-refractivity contribution in [1.29, 1.82) is 0 Å². The van der Waals surface area contributed by atoms with Crippen molar-refractivity contribution < 1.29 is 0 Å². The van der Waals surface area contributed by atoms with Gasteiger partial charge in [-0.3, -0.25) is 0 Å². The van der Waals surface area contributed by atoms with Gasteiger partial charge in [-0.15, -0.1) is 0 Å². The van der Waals surface area contributed by atoms with Gasteiger partial charge >= 0.3 is 0 Å². The zero-order valence-electron chi connectivity index (χ0n) is 14.8. The third-order valence-corrected chi connectivity index (χ3v) is 5.07. The molecule has 0 saturated heterocycles. The minimum absolute atomic E-state index is 0.0907. The largest absolute Gasteiger partial charge is 0.0757 e. The summed E-state index contributed by atoms with van der Waals surface area (Å²) >= 11 is 0. The van der Waals surface area contributed by atoms with Gasteiger partial charge in [0.15, 0.2) is 0 Å². The Morgan fingerprint density at radius 1 is 0.615 bits per heavy atom. The van der Waals surface area contributed by atoms with Crippen molar-refractivity contribution in [2.45, 2.75) is 11.8 Å². The highest BCUT2D eigenvalue weighted by molar-refractivity contribution is 5.57. The summed E-state index contributed by atoms with van der Waals surface area (Å²) in [6.45, 7) is 0. The lowest BCUT2D eigenvalue weighted by Gasteiger charge is -2.33. The molecule has 0 atom stereocenters. The summed E-state index contributed by atoms with van der Waals surface area (Å²) in [6, 6.07) is 32.0. The van der Waals surface area contributed by atoms with Crippen LogP contribution in [0.2, 0.25) is 0 Å². The first-order valence-electron chi connectivity index (χ1n) is 9.10. The quantitative estimate of drug-likeness (QED) is 0.506. The molecule has 0 radical (unpaired) electrons. The molecule has 3 aromatic carbocycles. The van der Waals surface area contributed by atoms with Crippen molar-refractivity contribution in [1.82, 2.24) is 0 Å². The molecule has 26 heavy (non-hydrogen) atoms. The molecule has 0 fully saturated rings. The molecule has 0 bridgehead atoms. The third-order valence-electron chi connectivity index (χ3n) is 5.07. The van der Waals surface area contributed by atoms with Crippen LogP contribution < -0.4 is 0 Å². The summed E-state index contributed by atoms with van der Waals surface area (Å²) in [7, 11) is 0. The first kappa shape index (κ1) is 16.4. The molecule has 0 aromatic heterocycles. The molecule has 1 aliphatic rings. The highest BCUT2D eigenvalue weighted by Gasteiger charge is 2.31. The van der Waals surface area contributed by atoms with Crippen LogP contribution in [0.15, 0.2) is 121 Å². The second-order valence-corrected chi connectivity index (χ2v) is 6.69. The molecular weight excluding hydrogens is 312 g/mol. The van der Waals surface area contributed by atoms with Crippen molar-refractivity contribution >= 4 is 6.08 Å². The molecule has 4 rings (SSSR count). The van der Waals surface area contributed by atoms with Gasteiger partial charge in [-0.05, 0) is 28.7 Å². The van der Waals surface area contributed by atoms with Gasteiger partial charge in [0.1, 0.15) is 0 Å². The maximum absolute atomic E-state index is 2.36. The van der Waals surface area contributed by atoms with Crippen LogP contribution in [0.4, 0.5) is 0 Å². The Bertz CT molecular complexity index is 890. The minimum atomic E-state index is -0.0907. The monoisotopic (exact) mass is 334 g/mol. The summed E-state index contributed by atoms with van der Waals surface area (Å²) in [6.07, 6.45) is 12.3. The molecular formula is C26H22. The van der Waals surface area contributed by atoms with Crippen LogP contribution in [0.1, 0.15) is 23.1 Å². The molecule has 126 valence electrons. The van der Waals surface area contributed by atoms with Gasteiger partial charge in [-0.1, -0.05) is 121 Å². The van der Waals surface area contributed by atoms with Gasteiger partial charge in [0.25, 0.3) is 0 Å². The summed E-state index contributed by atoms with van der Waals surface area (Å²) < 4.78 is 0. The fraction of sp³-hybridized carbons (Fsp3) is 0.0769. The normalized spacial score (nSPS) is 15.8. The van der Waals surface area contributed by atoms with E-state index in [2.05, 4.69) is 115 Å². The number of benzene rings is 3. The number of hydrogen-bond donors (Lipinski definition) is 0. The maximum Gasteiger partial charge on any atom is 0.0419 e. The van der Waals surface area contributed by atoms with E-state index in [-0.39, 0.29) is 5.41 Å². The van der Waals surface area contributed by atoms with E-state index < -0.39 is 0 Å². The molecule has 0 nitrogen and oxygen atoms in total. The molecule has 0 aliphatic heterocycles. The van der Waals surface area contributed by atoms with Crippen LogP contribution in [0.5, 0.6) is 0 Å². The third kappa shape index (κ3) is 3.32. The molecule has 0 amide bonds. The van der Waals surface area contributed by atoms with E-state index in [1.54, 1.807) is 0 Å². The standard InChI is InChI=1S/C26H22/c1-4-10-22(11-5-1)16-17-23-18-20-26(21-19-23,24-12-6-2-7-13-24)25-14-8-3-9-15-25/h1-20H,21H2. The molecule has 3 aromatic rings. The Morgan fingerprint density at radius 2 is 1.15 bits per heavy atom. The highest BCUT2D eigenvalue weighted by Crippen LogP contribution is 2.40. The van der Waals surface area contributed by atoms with Gasteiger partial charge in [-0.2, -0.15) is 0 Å². The summed E-state index contributed by atoms with van der Waals surface area (Å²) in [5.41, 5.74) is 5.07. The van der Waals surface area contributed by atoms with E-state index in [4.69, 9.17) is 0 Å². The second kappa shape index (κ2) is 7.41. The van der Waals surface area contributed by atoms with Gasteiger partial charge in [0, 0.05) is 5.41 Å². The molecule has 0 unspecified atom stereocenters. The predicted octanol–water partition coefficient (Wildman–Crippen LogP) is 6.57. The molecule has 1 aliphatic carbocycles. The fourth-order valence-corrected chi connectivity index (χ4v) is 3.60. The minimum Gasteiger partial charge on any atom is -0.0757 e. The fourth-order valence-electron chi connectivity index (χ4n) is 3.60. The second-order valence-electron chi connectivity index (χ2n) is 6.69. The van der Waals surface area contributed by atoms with Crippen molar-refractivity contribution in [3.63, 3.8) is 0 Å². The predicted molar refractivity (Wildman–Crippen MR) is 111 cm³/mol. The zero-order valence-corrected chi connectivity index (χ0v) is 14.8. The Kier molecular flexibility index (Phi) is 4.66. The van der Waals surface area contributed by atoms with Gasteiger partial charge in [0.2, 0.25) is 0 Å². The zero-order chi connectivity index (χ0) is 17.7. The lowest BCUT2D eigenvalue weighted by Crippen LogP contribution is -2.26. The van der Waals surface area contributed by atoms with Crippen LogP contribution >= 0.6 is 0 Å². The lowest BCUT2D eigenvalue weighted by atomic mass is 9.69. The van der Waals surface area contributed by atoms with Crippen LogP contribution in [-0.4, -0.2) is 0 Å². The lowest BCUT2D eigenvalue weighted by molar-refractivity contribution is 0.645. The van der Waals surface area contributed by atoms with Crippen molar-refractivity contribution in [3.05, 3.63) is 138 Å². The van der Waals surface area contributed by atoms with E-state index in [1.165, 1.54) is 22.3 Å². The number of rotatable bonds is 4. The van der Waals surface area contributed by atoms with Crippen LogP contribution in [0.25, 0.3) is 6.08 Å². The van der Waals surface area contributed by atoms with E-state index >= 15 is 0 Å². The SMILES string of the molecule is C(=Cc1ccccc1)C1=CCC(c2ccccc2)(c2ccccc2)C=C1. The first-order valence-corrected chi connectivity index (χ1v) is 9.10. The first-order chi connectivity index (χ1) is 12.9. The molecule has 0 N–H and O–H groups in total. The van der Waals surface area contributed by atoms with E-state index in [9.17, 15) is 0 Å². The average Bonchev–Trinajstić information content (AvgIpc) is 2.75. The maximum atomic E-state index is 2.36. The Morgan fingerprint density at radius 3 is 1.65 bits per heavy atom. The Balaban J connectivity index is 1.66. The van der Waals surface area contributed by atoms with Crippen molar-refractivity contribution in [2.24, 2.45) is 0 Å². The van der Waals surface area contributed by atoms with Crippen molar-refractivity contribution in [3.8, 4) is 0 Å². The van der Waals surface area contributed by atoms with Gasteiger partial charge < -0.3 is 0 Å². The van der Waals surface area contributed by atoms with Crippen LogP contribution in [0.3, 0.4) is 0 Å². The molecule has 0 spiro atoms. The average molecular weight is 334 g/mol. The molecule has 0 saturated carbocycles. The Hall–Kier alpha value is -3.12. The molecule has 0 heteroatoms. The Labute approximate surface area is 155 Å². The van der Waals surface area contributed by atoms with Gasteiger partial charge in [0.05, 0.1) is 0 Å². The van der Waals surface area contributed by atoms with E-state index in [1.807, 2.05) is 6.07 Å². The number of allylic oxidation sites excluding steroid dienone is 5. The van der Waals surface area contributed by atoms with E-state index in [0.29, 0.717) is 0 Å². The van der Waals surface area contributed by atoms with Crippen LogP contribution in [-0.2, 0) is 5.41 Å². The topological polar surface area (TPSA) is 0 Å². The summed E-state index contributed by atoms with van der Waals surface area (Å²) in [4.78, 5) is 0. The van der Waals surface area contributed by atoms with Crippen LogP contribution in [0, 0.1) is 0 Å². The smallest absolute Gasteiger partial charge is 0.0419 e. The van der Waals surface area contributed by atoms with E-state index in [0.717, 1.165) is 6.42 Å².